The summed E-state index contributed by atoms with van der Waals surface area (Å²) in [6.07, 6.45) is 5.33. The quantitative estimate of drug-likeness (QED) is 0.640. The van der Waals surface area contributed by atoms with Gasteiger partial charge in [-0.15, -0.1) is 0 Å². The number of nitrogens with one attached hydrogen (secondary N) is 2. The number of aromatic nitrogens is 4. The zero-order valence-electron chi connectivity index (χ0n) is 10.4. The van der Waals surface area contributed by atoms with Crippen LogP contribution in [0.1, 0.15) is 11.1 Å². The van der Waals surface area contributed by atoms with Crippen molar-refractivity contribution in [2.45, 2.75) is 18.1 Å². The largest absolute Gasteiger partial charge is 0.392 e. The third-order valence-corrected chi connectivity index (χ3v) is 4.06. The highest BCUT2D eigenvalue weighted by molar-refractivity contribution is 7.89. The van der Waals surface area contributed by atoms with Crippen LogP contribution in [0.3, 0.4) is 0 Å². The molecule has 0 atom stereocenters. The van der Waals surface area contributed by atoms with Crippen LogP contribution in [-0.4, -0.2) is 40.0 Å². The SMILES string of the molecule is Cn1cc(CCNS(=O)(=O)c2[nH]ncc2CO)cn1. The standard InChI is InChI=1S/C10H15N5O3S/c1-15-6-8(4-12-15)2-3-13-19(17,18)10-9(7-16)5-11-14-10/h4-6,13,16H,2-3,7H2,1H3,(H,11,14). The molecule has 0 aliphatic rings. The van der Waals surface area contributed by atoms with Gasteiger partial charge in [-0.1, -0.05) is 0 Å². The zero-order chi connectivity index (χ0) is 13.9. The second-order valence-electron chi connectivity index (χ2n) is 4.05. The van der Waals surface area contributed by atoms with Crippen LogP contribution in [0.2, 0.25) is 0 Å². The van der Waals surface area contributed by atoms with Gasteiger partial charge in [0.2, 0.25) is 0 Å². The maximum absolute atomic E-state index is 12.0. The van der Waals surface area contributed by atoms with Crippen molar-refractivity contribution in [3.05, 3.63) is 29.7 Å². The van der Waals surface area contributed by atoms with Gasteiger partial charge in [-0.2, -0.15) is 10.2 Å². The molecule has 0 saturated heterocycles. The van der Waals surface area contributed by atoms with Gasteiger partial charge >= 0.3 is 0 Å². The fourth-order valence-electron chi connectivity index (χ4n) is 1.65. The molecule has 3 N–H and O–H groups in total. The first-order valence-corrected chi connectivity index (χ1v) is 7.11. The molecule has 2 aromatic rings. The molecule has 0 unspecified atom stereocenters. The Balaban J connectivity index is 1.98. The molecule has 19 heavy (non-hydrogen) atoms. The number of hydrogen-bond donors (Lipinski definition) is 3. The van der Waals surface area contributed by atoms with Gasteiger partial charge in [0.1, 0.15) is 0 Å². The van der Waals surface area contributed by atoms with Crippen molar-refractivity contribution in [1.82, 2.24) is 24.7 Å². The van der Waals surface area contributed by atoms with Gasteiger partial charge in [0.15, 0.2) is 5.03 Å². The molecular formula is C10H15N5O3S. The normalized spacial score (nSPS) is 11.9. The Morgan fingerprint density at radius 2 is 2.26 bits per heavy atom. The van der Waals surface area contributed by atoms with Crippen LogP contribution in [0, 0.1) is 0 Å². The monoisotopic (exact) mass is 285 g/mol. The topological polar surface area (TPSA) is 113 Å². The maximum Gasteiger partial charge on any atom is 0.257 e. The lowest BCUT2D eigenvalue weighted by Crippen LogP contribution is -2.27. The van der Waals surface area contributed by atoms with Crippen molar-refractivity contribution in [3.63, 3.8) is 0 Å². The molecule has 0 aliphatic heterocycles. The number of aryl methyl sites for hydroxylation is 1. The van der Waals surface area contributed by atoms with E-state index < -0.39 is 10.0 Å². The summed E-state index contributed by atoms with van der Waals surface area (Å²) in [6, 6.07) is 0. The Morgan fingerprint density at radius 3 is 2.89 bits per heavy atom. The second kappa shape index (κ2) is 5.51. The van der Waals surface area contributed by atoms with Crippen molar-refractivity contribution in [2.24, 2.45) is 7.05 Å². The molecular weight excluding hydrogens is 270 g/mol. The van der Waals surface area contributed by atoms with Crippen LogP contribution in [0.25, 0.3) is 0 Å². The Bertz CT molecular complexity index is 646. The van der Waals surface area contributed by atoms with E-state index in [4.69, 9.17) is 5.11 Å². The predicted molar refractivity (Wildman–Crippen MR) is 66.6 cm³/mol. The highest BCUT2D eigenvalue weighted by Crippen LogP contribution is 2.11. The minimum atomic E-state index is -3.68. The van der Waals surface area contributed by atoms with E-state index in [1.807, 2.05) is 6.20 Å². The summed E-state index contributed by atoms with van der Waals surface area (Å²) in [5.41, 5.74) is 1.19. The van der Waals surface area contributed by atoms with Crippen molar-refractivity contribution in [1.29, 1.82) is 0 Å². The summed E-state index contributed by atoms with van der Waals surface area (Å²) in [5, 5.41) is 18.9. The molecule has 8 nitrogen and oxygen atoms in total. The fourth-order valence-corrected chi connectivity index (χ4v) is 2.80. The Morgan fingerprint density at radius 1 is 1.47 bits per heavy atom. The first-order chi connectivity index (χ1) is 9.03. The molecule has 0 aromatic carbocycles. The van der Waals surface area contributed by atoms with Crippen LogP contribution < -0.4 is 4.72 Å². The first kappa shape index (κ1) is 13.7. The van der Waals surface area contributed by atoms with Gasteiger partial charge in [-0.05, 0) is 12.0 Å². The molecule has 9 heteroatoms. The number of aromatic amines is 1. The lowest BCUT2D eigenvalue weighted by atomic mass is 10.3. The highest BCUT2D eigenvalue weighted by atomic mass is 32.2. The summed E-state index contributed by atoms with van der Waals surface area (Å²) in [4.78, 5) is 0. The minimum absolute atomic E-state index is 0.0961. The molecule has 0 spiro atoms. The smallest absolute Gasteiger partial charge is 0.257 e. The van der Waals surface area contributed by atoms with Crippen LogP contribution in [0.15, 0.2) is 23.6 Å². The van der Waals surface area contributed by atoms with Gasteiger partial charge in [0.05, 0.1) is 19.0 Å². The number of H-pyrrole nitrogens is 1. The molecule has 2 aromatic heterocycles. The van der Waals surface area contributed by atoms with E-state index in [2.05, 4.69) is 20.0 Å². The third kappa shape index (κ3) is 3.19. The third-order valence-electron chi connectivity index (χ3n) is 2.58. The molecule has 2 rings (SSSR count). The zero-order valence-corrected chi connectivity index (χ0v) is 11.2. The average molecular weight is 285 g/mol. The summed E-state index contributed by atoms with van der Waals surface area (Å²) in [5.74, 6) is 0. The number of aliphatic hydroxyl groups is 1. The van der Waals surface area contributed by atoms with E-state index in [0.29, 0.717) is 6.42 Å². The fraction of sp³-hybridized carbons (Fsp3) is 0.400. The van der Waals surface area contributed by atoms with Crippen LogP contribution in [-0.2, 0) is 30.1 Å². The molecule has 0 fully saturated rings. The van der Waals surface area contributed by atoms with Crippen molar-refractivity contribution in [2.75, 3.05) is 6.54 Å². The van der Waals surface area contributed by atoms with Crippen molar-refractivity contribution in [3.8, 4) is 0 Å². The number of sulfonamides is 1. The second-order valence-corrected chi connectivity index (χ2v) is 5.76. The lowest BCUT2D eigenvalue weighted by Gasteiger charge is -2.05. The van der Waals surface area contributed by atoms with Gasteiger partial charge in [0.25, 0.3) is 10.0 Å². The molecule has 104 valence electrons. The van der Waals surface area contributed by atoms with E-state index >= 15 is 0 Å². The minimum Gasteiger partial charge on any atom is -0.392 e. The van der Waals surface area contributed by atoms with Crippen LogP contribution in [0.4, 0.5) is 0 Å². The van der Waals surface area contributed by atoms with E-state index in [9.17, 15) is 8.42 Å². The van der Waals surface area contributed by atoms with E-state index in [0.717, 1.165) is 5.56 Å². The number of aliphatic hydroxyl groups excluding tert-OH is 1. The average Bonchev–Trinajstić information content (AvgIpc) is 2.97. The van der Waals surface area contributed by atoms with E-state index in [-0.39, 0.29) is 23.7 Å². The molecule has 0 amide bonds. The Hall–Kier alpha value is -1.71. The van der Waals surface area contributed by atoms with Gasteiger partial charge < -0.3 is 5.11 Å². The summed E-state index contributed by atoms with van der Waals surface area (Å²) in [6.45, 7) is -0.132. The first-order valence-electron chi connectivity index (χ1n) is 5.63. The highest BCUT2D eigenvalue weighted by Gasteiger charge is 2.19. The number of nitrogens with zero attached hydrogens (tertiary/aromatic N) is 3. The lowest BCUT2D eigenvalue weighted by molar-refractivity contribution is 0.278. The van der Waals surface area contributed by atoms with Gasteiger partial charge in [0, 0.05) is 25.4 Å². The van der Waals surface area contributed by atoms with Crippen molar-refractivity contribution < 1.29 is 13.5 Å². The molecule has 2 heterocycles. The van der Waals surface area contributed by atoms with Gasteiger partial charge in [-0.3, -0.25) is 9.78 Å². The van der Waals surface area contributed by atoms with E-state index in [1.165, 1.54) is 6.20 Å². The van der Waals surface area contributed by atoms with Gasteiger partial charge in [-0.25, -0.2) is 13.1 Å². The van der Waals surface area contributed by atoms with Crippen LogP contribution >= 0.6 is 0 Å². The Kier molecular flexibility index (Phi) is 3.98. The van der Waals surface area contributed by atoms with Crippen molar-refractivity contribution >= 4 is 10.0 Å². The summed E-state index contributed by atoms with van der Waals surface area (Å²) >= 11 is 0. The number of rotatable bonds is 6. The maximum atomic E-state index is 12.0. The molecule has 0 aliphatic carbocycles. The predicted octanol–water partition coefficient (Wildman–Crippen LogP) is -0.843. The van der Waals surface area contributed by atoms with Crippen LogP contribution in [0.5, 0.6) is 0 Å². The van der Waals surface area contributed by atoms with E-state index in [1.54, 1.807) is 17.9 Å². The summed E-state index contributed by atoms with van der Waals surface area (Å²) < 4.78 is 28.0. The summed E-state index contributed by atoms with van der Waals surface area (Å²) in [7, 11) is -1.88. The molecule has 0 bridgehead atoms. The molecule has 0 saturated carbocycles. The molecule has 0 radical (unpaired) electrons. The Labute approximate surface area is 110 Å². The number of hydrogen-bond acceptors (Lipinski definition) is 5.